The van der Waals surface area contributed by atoms with Gasteiger partial charge in [-0.25, -0.2) is 0 Å². The molecule has 0 spiro atoms. The molecule has 26 heavy (non-hydrogen) atoms. The Labute approximate surface area is 161 Å². The van der Waals surface area contributed by atoms with Gasteiger partial charge in [0.25, 0.3) is 0 Å². The summed E-state index contributed by atoms with van der Waals surface area (Å²) in [7, 11) is 1.76. The van der Waals surface area contributed by atoms with Gasteiger partial charge in [-0.15, -0.1) is 11.8 Å². The first-order valence-electron chi connectivity index (χ1n) is 9.81. The minimum absolute atomic E-state index is 0.0734. The zero-order valence-electron chi connectivity index (χ0n) is 16.1. The van der Waals surface area contributed by atoms with Gasteiger partial charge < -0.3 is 15.4 Å². The smallest absolute Gasteiger partial charge is 0.236 e. The molecule has 1 aromatic rings. The Kier molecular flexibility index (Phi) is 6.65. The maximum absolute atomic E-state index is 13.2. The molecule has 0 bridgehead atoms. The van der Waals surface area contributed by atoms with Crippen LogP contribution >= 0.6 is 11.8 Å². The van der Waals surface area contributed by atoms with Gasteiger partial charge in [-0.1, -0.05) is 30.5 Å². The standard InChI is InChI=1S/C21H32N2O2S/c1-17-5-7-18(8-6-17)26-21(9-3-4-10-21)19(24)23-15-20(16-25-2)11-13-22-14-12-20/h5-8,22H,3-4,9-16H2,1-2H3,(H,23,24). The number of amides is 1. The van der Waals surface area contributed by atoms with E-state index >= 15 is 0 Å². The van der Waals surface area contributed by atoms with Gasteiger partial charge in [0.05, 0.1) is 11.4 Å². The topological polar surface area (TPSA) is 50.4 Å². The molecule has 0 aromatic heterocycles. The lowest BCUT2D eigenvalue weighted by molar-refractivity contribution is -0.124. The summed E-state index contributed by atoms with van der Waals surface area (Å²) < 4.78 is 5.18. The quantitative estimate of drug-likeness (QED) is 0.764. The van der Waals surface area contributed by atoms with Gasteiger partial charge in [0.15, 0.2) is 0 Å². The van der Waals surface area contributed by atoms with E-state index < -0.39 is 0 Å². The Morgan fingerprint density at radius 3 is 2.42 bits per heavy atom. The van der Waals surface area contributed by atoms with Crippen molar-refractivity contribution in [3.8, 4) is 0 Å². The Morgan fingerprint density at radius 2 is 1.81 bits per heavy atom. The molecule has 5 heteroatoms. The molecule has 144 valence electrons. The molecule has 1 aliphatic heterocycles. The van der Waals surface area contributed by atoms with E-state index in [1.54, 1.807) is 18.9 Å². The third-order valence-electron chi connectivity index (χ3n) is 5.90. The summed E-state index contributed by atoms with van der Waals surface area (Å²) in [6, 6.07) is 8.55. The van der Waals surface area contributed by atoms with E-state index in [4.69, 9.17) is 4.74 Å². The third kappa shape index (κ3) is 4.62. The van der Waals surface area contributed by atoms with E-state index in [9.17, 15) is 4.79 Å². The van der Waals surface area contributed by atoms with Gasteiger partial charge in [-0.05, 0) is 57.8 Å². The van der Waals surface area contributed by atoms with Crippen molar-refractivity contribution in [3.05, 3.63) is 29.8 Å². The predicted molar refractivity (Wildman–Crippen MR) is 108 cm³/mol. The molecule has 1 heterocycles. The molecule has 1 amide bonds. The minimum Gasteiger partial charge on any atom is -0.384 e. The Morgan fingerprint density at radius 1 is 1.15 bits per heavy atom. The molecular weight excluding hydrogens is 344 g/mol. The normalized spacial score (nSPS) is 21.5. The molecule has 0 unspecified atom stereocenters. The average Bonchev–Trinajstić information content (AvgIpc) is 3.13. The highest BCUT2D eigenvalue weighted by Crippen LogP contribution is 2.45. The van der Waals surface area contributed by atoms with Crippen LogP contribution in [0.1, 0.15) is 44.1 Å². The van der Waals surface area contributed by atoms with Gasteiger partial charge in [0.1, 0.15) is 0 Å². The molecule has 1 saturated carbocycles. The zero-order valence-corrected chi connectivity index (χ0v) is 16.9. The first-order valence-corrected chi connectivity index (χ1v) is 10.6. The molecule has 2 aliphatic rings. The molecule has 2 N–H and O–H groups in total. The number of piperidine rings is 1. The maximum Gasteiger partial charge on any atom is 0.236 e. The first kappa shape index (κ1) is 19.7. The van der Waals surface area contributed by atoms with Crippen molar-refractivity contribution < 1.29 is 9.53 Å². The number of nitrogens with one attached hydrogen (secondary N) is 2. The van der Waals surface area contributed by atoms with E-state index in [-0.39, 0.29) is 16.1 Å². The lowest BCUT2D eigenvalue weighted by atomic mass is 9.79. The average molecular weight is 377 g/mol. The van der Waals surface area contributed by atoms with Gasteiger partial charge in [-0.3, -0.25) is 4.79 Å². The van der Waals surface area contributed by atoms with E-state index in [0.29, 0.717) is 6.61 Å². The van der Waals surface area contributed by atoms with Crippen LogP contribution in [0.2, 0.25) is 0 Å². The highest BCUT2D eigenvalue weighted by Gasteiger charge is 2.43. The van der Waals surface area contributed by atoms with Gasteiger partial charge in [-0.2, -0.15) is 0 Å². The number of benzene rings is 1. The lowest BCUT2D eigenvalue weighted by Crippen LogP contribution is -2.51. The van der Waals surface area contributed by atoms with Crippen molar-refractivity contribution in [1.82, 2.24) is 10.6 Å². The highest BCUT2D eigenvalue weighted by molar-refractivity contribution is 8.01. The first-order chi connectivity index (χ1) is 12.6. The fourth-order valence-electron chi connectivity index (χ4n) is 4.22. The number of thioether (sulfide) groups is 1. The fourth-order valence-corrected chi connectivity index (χ4v) is 5.60. The Balaban J connectivity index is 1.67. The summed E-state index contributed by atoms with van der Waals surface area (Å²) in [4.78, 5) is 14.4. The van der Waals surface area contributed by atoms with Crippen molar-refractivity contribution in [2.75, 3.05) is 33.4 Å². The second kappa shape index (κ2) is 8.77. The zero-order chi connectivity index (χ0) is 18.5. The van der Waals surface area contributed by atoms with Crippen LogP contribution in [-0.2, 0) is 9.53 Å². The van der Waals surface area contributed by atoms with Gasteiger partial charge >= 0.3 is 0 Å². The third-order valence-corrected chi connectivity index (χ3v) is 7.39. The number of carbonyl (C=O) groups is 1. The molecule has 1 aromatic carbocycles. The van der Waals surface area contributed by atoms with Gasteiger partial charge in [0.2, 0.25) is 5.91 Å². The van der Waals surface area contributed by atoms with Crippen LogP contribution in [0.4, 0.5) is 0 Å². The van der Waals surface area contributed by atoms with Crippen molar-refractivity contribution in [3.63, 3.8) is 0 Å². The van der Waals surface area contributed by atoms with Crippen LogP contribution in [0.15, 0.2) is 29.2 Å². The van der Waals surface area contributed by atoms with Crippen LogP contribution in [0, 0.1) is 12.3 Å². The van der Waals surface area contributed by atoms with Crippen molar-refractivity contribution in [1.29, 1.82) is 0 Å². The number of hydrogen-bond acceptors (Lipinski definition) is 4. The van der Waals surface area contributed by atoms with E-state index in [2.05, 4.69) is 41.8 Å². The van der Waals surface area contributed by atoms with Crippen LogP contribution in [0.5, 0.6) is 0 Å². The summed E-state index contributed by atoms with van der Waals surface area (Å²) in [6.07, 6.45) is 6.32. The van der Waals surface area contributed by atoms with Crippen LogP contribution < -0.4 is 10.6 Å². The van der Waals surface area contributed by atoms with Crippen molar-refractivity contribution in [2.24, 2.45) is 5.41 Å². The Bertz CT molecular complexity index is 585. The Hall–Kier alpha value is -1.04. The summed E-state index contributed by atoms with van der Waals surface area (Å²) in [5.74, 6) is 0.217. The number of hydrogen-bond donors (Lipinski definition) is 2. The number of methoxy groups -OCH3 is 1. The summed E-state index contributed by atoms with van der Waals surface area (Å²) >= 11 is 1.76. The predicted octanol–water partition coefficient (Wildman–Crippen LogP) is 3.53. The lowest BCUT2D eigenvalue weighted by Gasteiger charge is -2.38. The molecule has 0 radical (unpaired) electrons. The maximum atomic E-state index is 13.2. The minimum atomic E-state index is -0.309. The monoisotopic (exact) mass is 376 g/mol. The van der Waals surface area contributed by atoms with Crippen molar-refractivity contribution >= 4 is 17.7 Å². The molecule has 4 nitrogen and oxygen atoms in total. The molecule has 0 atom stereocenters. The van der Waals surface area contributed by atoms with Crippen LogP contribution in [-0.4, -0.2) is 44.0 Å². The van der Waals surface area contributed by atoms with E-state index in [1.807, 2.05) is 0 Å². The molecule has 1 saturated heterocycles. The van der Waals surface area contributed by atoms with E-state index in [1.165, 1.54) is 10.5 Å². The van der Waals surface area contributed by atoms with Crippen molar-refractivity contribution in [2.45, 2.75) is 55.1 Å². The van der Waals surface area contributed by atoms with Crippen LogP contribution in [0.25, 0.3) is 0 Å². The summed E-state index contributed by atoms with van der Waals surface area (Å²) in [5, 5.41) is 6.74. The molecule has 3 rings (SSSR count). The van der Waals surface area contributed by atoms with E-state index in [0.717, 1.165) is 58.2 Å². The fraction of sp³-hybridized carbons (Fsp3) is 0.667. The number of carbonyl (C=O) groups excluding carboxylic acids is 1. The number of aryl methyl sites for hydroxylation is 1. The summed E-state index contributed by atoms with van der Waals surface area (Å²) in [5.41, 5.74) is 1.33. The molecular formula is C21H32N2O2S. The van der Waals surface area contributed by atoms with Gasteiger partial charge in [0, 0.05) is 24.0 Å². The second-order valence-corrected chi connectivity index (χ2v) is 9.44. The number of rotatable bonds is 7. The number of ether oxygens (including phenoxy) is 1. The second-order valence-electron chi connectivity index (χ2n) is 7.98. The highest BCUT2D eigenvalue weighted by atomic mass is 32.2. The largest absolute Gasteiger partial charge is 0.384 e. The SMILES string of the molecule is COCC1(CNC(=O)C2(Sc3ccc(C)cc3)CCCC2)CCNCC1. The molecule has 1 aliphatic carbocycles. The molecule has 2 fully saturated rings. The van der Waals surface area contributed by atoms with Crippen LogP contribution in [0.3, 0.4) is 0 Å². The summed E-state index contributed by atoms with van der Waals surface area (Å²) in [6.45, 7) is 5.54.